The number of nitrogens with zero attached hydrogens (tertiary/aromatic N) is 2. The van der Waals surface area contributed by atoms with Crippen LogP contribution in [0.2, 0.25) is 0 Å². The Morgan fingerprint density at radius 3 is 2.78 bits per heavy atom. The number of hydrogen-bond donors (Lipinski definition) is 3. The number of nitro benzene ring substituents is 1. The van der Waals surface area contributed by atoms with Crippen LogP contribution in [0.15, 0.2) is 34.7 Å². The van der Waals surface area contributed by atoms with Gasteiger partial charge < -0.3 is 14.8 Å². The van der Waals surface area contributed by atoms with Gasteiger partial charge in [0.1, 0.15) is 11.1 Å². The molecule has 0 spiro atoms. The Kier molecular flexibility index (Phi) is 3.26. The predicted octanol–water partition coefficient (Wildman–Crippen LogP) is 2.01. The van der Waals surface area contributed by atoms with Crippen molar-refractivity contribution in [2.75, 3.05) is 5.32 Å². The molecule has 1 amide bonds. The number of carboxylic acids is 1. The molecule has 10 heteroatoms. The van der Waals surface area contributed by atoms with Crippen molar-refractivity contribution in [2.24, 2.45) is 0 Å². The molecule has 116 valence electrons. The predicted molar refractivity (Wildman–Crippen MR) is 76.4 cm³/mol. The summed E-state index contributed by atoms with van der Waals surface area (Å²) in [6.07, 6.45) is 0. The normalized spacial score (nSPS) is 10.6. The average molecular weight is 316 g/mol. The number of carbonyl (C=O) groups is 2. The number of nitrogens with one attached hydrogen (secondary N) is 2. The van der Waals surface area contributed by atoms with Crippen LogP contribution < -0.4 is 5.32 Å². The summed E-state index contributed by atoms with van der Waals surface area (Å²) in [5, 5.41) is 28.4. The van der Waals surface area contributed by atoms with Crippen LogP contribution in [-0.4, -0.2) is 32.1 Å². The Labute approximate surface area is 126 Å². The summed E-state index contributed by atoms with van der Waals surface area (Å²) in [5.74, 6) is -2.36. The highest BCUT2D eigenvalue weighted by Crippen LogP contribution is 2.26. The summed E-state index contributed by atoms with van der Waals surface area (Å²) in [5.41, 5.74) is -0.258. The molecule has 10 nitrogen and oxygen atoms in total. The first kappa shape index (κ1) is 14.3. The molecule has 0 unspecified atom stereocenters. The number of nitro groups is 1. The lowest BCUT2D eigenvalue weighted by molar-refractivity contribution is -0.385. The molecule has 23 heavy (non-hydrogen) atoms. The molecule has 2 heterocycles. The third-order valence-corrected chi connectivity index (χ3v) is 3.02. The van der Waals surface area contributed by atoms with Crippen molar-refractivity contribution < 1.29 is 24.0 Å². The molecule has 0 atom stereocenters. The highest BCUT2D eigenvalue weighted by atomic mass is 16.6. The minimum atomic E-state index is -1.28. The van der Waals surface area contributed by atoms with E-state index in [-0.39, 0.29) is 33.9 Å². The number of benzene rings is 1. The number of carbonyl (C=O) groups excluding carboxylic acids is 1. The highest BCUT2D eigenvalue weighted by Gasteiger charge is 2.22. The number of aromatic carboxylic acids is 1. The molecule has 0 saturated heterocycles. The van der Waals surface area contributed by atoms with Crippen LogP contribution in [0.3, 0.4) is 0 Å². The van der Waals surface area contributed by atoms with Gasteiger partial charge in [0.15, 0.2) is 11.4 Å². The van der Waals surface area contributed by atoms with E-state index >= 15 is 0 Å². The van der Waals surface area contributed by atoms with Crippen molar-refractivity contribution >= 4 is 34.5 Å². The fourth-order valence-corrected chi connectivity index (χ4v) is 2.01. The fourth-order valence-electron chi connectivity index (χ4n) is 2.01. The second kappa shape index (κ2) is 5.26. The number of H-pyrrole nitrogens is 1. The summed E-state index contributed by atoms with van der Waals surface area (Å²) in [6.45, 7) is 0. The first-order valence-electron chi connectivity index (χ1n) is 6.23. The van der Waals surface area contributed by atoms with E-state index in [0.717, 1.165) is 0 Å². The molecule has 3 aromatic rings. The average Bonchev–Trinajstić information content (AvgIpc) is 3.09. The van der Waals surface area contributed by atoms with E-state index in [4.69, 9.17) is 9.52 Å². The lowest BCUT2D eigenvalue weighted by Crippen LogP contribution is -2.14. The number of fused-ring (bicyclic) bond motifs is 1. The van der Waals surface area contributed by atoms with Gasteiger partial charge in [-0.15, -0.1) is 0 Å². The number of rotatable bonds is 4. The van der Waals surface area contributed by atoms with Crippen LogP contribution in [0.25, 0.3) is 11.1 Å². The Bertz CT molecular complexity index is 941. The lowest BCUT2D eigenvalue weighted by atomic mass is 10.1. The van der Waals surface area contributed by atoms with Crippen LogP contribution in [0.1, 0.15) is 20.9 Å². The molecule has 0 bridgehead atoms. The zero-order valence-electron chi connectivity index (χ0n) is 11.3. The van der Waals surface area contributed by atoms with Gasteiger partial charge in [0.05, 0.1) is 4.92 Å². The van der Waals surface area contributed by atoms with Gasteiger partial charge in [-0.05, 0) is 6.07 Å². The van der Waals surface area contributed by atoms with Gasteiger partial charge in [-0.25, -0.2) is 4.79 Å². The fraction of sp³-hybridized carbons (Fsp3) is 0. The molecule has 0 saturated carbocycles. The maximum atomic E-state index is 12.2. The molecule has 3 N–H and O–H groups in total. The molecule has 0 radical (unpaired) electrons. The van der Waals surface area contributed by atoms with Gasteiger partial charge in [-0.3, -0.25) is 20.0 Å². The quantitative estimate of drug-likeness (QED) is 0.491. The van der Waals surface area contributed by atoms with E-state index in [2.05, 4.69) is 15.5 Å². The molecular formula is C13H8N4O6. The standard InChI is InChI=1S/C13H8N4O6/c18-12(6-3-1-2-4-8(6)17(21)22)14-11-10-7(15-16-11)5-9(23-10)13(19)20/h1-5H,(H,19,20)(H2,14,15,16,18). The Balaban J connectivity index is 1.95. The second-order valence-electron chi connectivity index (χ2n) is 4.46. The third-order valence-electron chi connectivity index (χ3n) is 3.02. The number of para-hydroxylation sites is 1. The minimum absolute atomic E-state index is 0.00986. The number of hydrogen-bond acceptors (Lipinski definition) is 6. The first-order chi connectivity index (χ1) is 11.0. The lowest BCUT2D eigenvalue weighted by Gasteiger charge is -2.03. The van der Waals surface area contributed by atoms with Gasteiger partial charge in [0, 0.05) is 12.1 Å². The highest BCUT2D eigenvalue weighted by molar-refractivity contribution is 6.09. The zero-order valence-corrected chi connectivity index (χ0v) is 11.3. The van der Waals surface area contributed by atoms with E-state index in [9.17, 15) is 19.7 Å². The van der Waals surface area contributed by atoms with Crippen LogP contribution in [0, 0.1) is 10.1 Å². The molecule has 0 aliphatic carbocycles. The third kappa shape index (κ3) is 2.48. The zero-order chi connectivity index (χ0) is 16.6. The Morgan fingerprint density at radius 2 is 2.09 bits per heavy atom. The summed E-state index contributed by atoms with van der Waals surface area (Å²) < 4.78 is 5.07. The largest absolute Gasteiger partial charge is 0.475 e. The molecule has 0 fully saturated rings. The summed E-state index contributed by atoms with van der Waals surface area (Å²) in [6, 6.07) is 6.61. The van der Waals surface area contributed by atoms with Crippen LogP contribution >= 0.6 is 0 Å². The molecule has 3 rings (SSSR count). The topological polar surface area (TPSA) is 151 Å². The van der Waals surface area contributed by atoms with Crippen molar-refractivity contribution in [3.63, 3.8) is 0 Å². The van der Waals surface area contributed by atoms with Crippen molar-refractivity contribution in [1.29, 1.82) is 0 Å². The number of anilines is 1. The van der Waals surface area contributed by atoms with E-state index in [1.807, 2.05) is 0 Å². The number of aromatic nitrogens is 2. The molecule has 0 aliphatic rings. The number of amides is 1. The molecule has 2 aromatic heterocycles. The number of aromatic amines is 1. The van der Waals surface area contributed by atoms with Crippen molar-refractivity contribution in [2.45, 2.75) is 0 Å². The van der Waals surface area contributed by atoms with E-state index in [1.165, 1.54) is 30.3 Å². The van der Waals surface area contributed by atoms with Gasteiger partial charge in [0.25, 0.3) is 11.6 Å². The van der Waals surface area contributed by atoms with Gasteiger partial charge in [0.2, 0.25) is 5.76 Å². The molecule has 0 aliphatic heterocycles. The molecular weight excluding hydrogens is 308 g/mol. The number of carboxylic acid groups (broad SMARTS) is 1. The molecule has 1 aromatic carbocycles. The van der Waals surface area contributed by atoms with E-state index in [1.54, 1.807) is 0 Å². The smallest absolute Gasteiger partial charge is 0.371 e. The summed E-state index contributed by atoms with van der Waals surface area (Å²) >= 11 is 0. The van der Waals surface area contributed by atoms with Crippen LogP contribution in [-0.2, 0) is 0 Å². The SMILES string of the molecule is O=C(O)c1cc2n[nH]c(NC(=O)c3ccccc3[N+](=O)[O-])c2o1. The Hall–Kier alpha value is -3.69. The monoisotopic (exact) mass is 316 g/mol. The minimum Gasteiger partial charge on any atom is -0.475 e. The van der Waals surface area contributed by atoms with Crippen molar-refractivity contribution in [3.05, 3.63) is 51.8 Å². The Morgan fingerprint density at radius 1 is 1.35 bits per heavy atom. The maximum Gasteiger partial charge on any atom is 0.371 e. The second-order valence-corrected chi connectivity index (χ2v) is 4.46. The van der Waals surface area contributed by atoms with Crippen molar-refractivity contribution in [3.8, 4) is 0 Å². The first-order valence-corrected chi connectivity index (χ1v) is 6.23. The van der Waals surface area contributed by atoms with E-state index in [0.29, 0.717) is 0 Å². The summed E-state index contributed by atoms with van der Waals surface area (Å²) in [4.78, 5) is 33.3. The van der Waals surface area contributed by atoms with E-state index < -0.39 is 16.8 Å². The van der Waals surface area contributed by atoms with Crippen LogP contribution in [0.5, 0.6) is 0 Å². The van der Waals surface area contributed by atoms with Crippen LogP contribution in [0.4, 0.5) is 11.5 Å². The van der Waals surface area contributed by atoms with Gasteiger partial charge >= 0.3 is 5.97 Å². The van der Waals surface area contributed by atoms with Crippen molar-refractivity contribution in [1.82, 2.24) is 10.2 Å². The van der Waals surface area contributed by atoms with Gasteiger partial charge in [-0.2, -0.15) is 5.10 Å². The van der Waals surface area contributed by atoms with Gasteiger partial charge in [-0.1, -0.05) is 12.1 Å². The maximum absolute atomic E-state index is 12.2. The number of furan rings is 1. The summed E-state index contributed by atoms with van der Waals surface area (Å²) in [7, 11) is 0.